The maximum atomic E-state index is 11.8. The number of aldehydes is 1. The van der Waals surface area contributed by atoms with Gasteiger partial charge in [0, 0.05) is 6.42 Å². The molecule has 110 valence electrons. The number of carbonyl (C=O) groups excluding carboxylic acids is 2. The van der Waals surface area contributed by atoms with Gasteiger partial charge in [-0.3, -0.25) is 0 Å². The zero-order chi connectivity index (χ0) is 15.2. The molecule has 0 aliphatic rings. The first kappa shape index (κ1) is 16.0. The first-order valence-corrected chi connectivity index (χ1v) is 6.43. The summed E-state index contributed by atoms with van der Waals surface area (Å²) in [5.74, 6) is 0.671. The van der Waals surface area contributed by atoms with E-state index in [9.17, 15) is 9.59 Å². The lowest BCUT2D eigenvalue weighted by atomic mass is 10.0. The highest BCUT2D eigenvalue weighted by atomic mass is 16.6. The van der Waals surface area contributed by atoms with Crippen LogP contribution in [0.3, 0.4) is 0 Å². The topological polar surface area (TPSA) is 64.6 Å². The summed E-state index contributed by atoms with van der Waals surface area (Å²) < 4.78 is 10.3. The summed E-state index contributed by atoms with van der Waals surface area (Å²) in [7, 11) is 1.56. The van der Waals surface area contributed by atoms with Gasteiger partial charge in [-0.2, -0.15) is 0 Å². The van der Waals surface area contributed by atoms with Crippen LogP contribution in [0.4, 0.5) is 4.79 Å². The van der Waals surface area contributed by atoms with E-state index < -0.39 is 17.7 Å². The number of rotatable bonds is 5. The van der Waals surface area contributed by atoms with Gasteiger partial charge >= 0.3 is 6.09 Å². The van der Waals surface area contributed by atoms with Crippen molar-refractivity contribution >= 4 is 12.4 Å². The minimum Gasteiger partial charge on any atom is -0.497 e. The highest BCUT2D eigenvalue weighted by Crippen LogP contribution is 2.21. The van der Waals surface area contributed by atoms with E-state index in [4.69, 9.17) is 9.47 Å². The molecule has 1 atom stereocenters. The Morgan fingerprint density at radius 2 is 2.10 bits per heavy atom. The average molecular weight is 279 g/mol. The number of hydrogen-bond donors (Lipinski definition) is 1. The molecule has 0 aliphatic heterocycles. The molecule has 5 nitrogen and oxygen atoms in total. The number of hydrogen-bond acceptors (Lipinski definition) is 4. The summed E-state index contributed by atoms with van der Waals surface area (Å²) >= 11 is 0. The number of nitrogens with one attached hydrogen (secondary N) is 1. The third-order valence-corrected chi connectivity index (χ3v) is 2.52. The molecule has 0 saturated carbocycles. The third kappa shape index (κ3) is 5.30. The SMILES string of the molecule is COc1cccc([C@H](CC=O)NC(=O)OC(C)(C)C)c1. The van der Waals surface area contributed by atoms with Gasteiger partial charge < -0.3 is 19.6 Å². The Morgan fingerprint density at radius 3 is 2.65 bits per heavy atom. The molecule has 0 bridgehead atoms. The van der Waals surface area contributed by atoms with Crippen molar-refractivity contribution in [2.75, 3.05) is 7.11 Å². The Morgan fingerprint density at radius 1 is 1.40 bits per heavy atom. The van der Waals surface area contributed by atoms with Crippen molar-refractivity contribution in [1.82, 2.24) is 5.32 Å². The number of methoxy groups -OCH3 is 1. The fraction of sp³-hybridized carbons (Fsp3) is 0.467. The minimum atomic E-state index is -0.579. The van der Waals surface area contributed by atoms with Gasteiger partial charge in [-0.15, -0.1) is 0 Å². The fourth-order valence-corrected chi connectivity index (χ4v) is 1.68. The number of carbonyl (C=O) groups is 2. The zero-order valence-corrected chi connectivity index (χ0v) is 12.3. The van der Waals surface area contributed by atoms with Gasteiger partial charge in [-0.05, 0) is 38.5 Å². The van der Waals surface area contributed by atoms with Gasteiger partial charge in [-0.25, -0.2) is 4.79 Å². The quantitative estimate of drug-likeness (QED) is 0.842. The molecule has 0 radical (unpaired) electrons. The van der Waals surface area contributed by atoms with Gasteiger partial charge in [0.2, 0.25) is 0 Å². The first-order valence-electron chi connectivity index (χ1n) is 6.43. The molecule has 5 heteroatoms. The van der Waals surface area contributed by atoms with E-state index in [2.05, 4.69) is 5.32 Å². The van der Waals surface area contributed by atoms with Crippen LogP contribution in [0.1, 0.15) is 38.8 Å². The molecule has 1 rings (SSSR count). The maximum absolute atomic E-state index is 11.8. The van der Waals surface area contributed by atoms with Crippen molar-refractivity contribution in [2.24, 2.45) is 0 Å². The van der Waals surface area contributed by atoms with E-state index in [1.165, 1.54) is 0 Å². The highest BCUT2D eigenvalue weighted by Gasteiger charge is 2.20. The summed E-state index contributed by atoms with van der Waals surface area (Å²) in [6.45, 7) is 5.35. The Hall–Kier alpha value is -2.04. The predicted molar refractivity (Wildman–Crippen MR) is 75.8 cm³/mol. The van der Waals surface area contributed by atoms with Crippen molar-refractivity contribution in [3.05, 3.63) is 29.8 Å². The van der Waals surface area contributed by atoms with Crippen LogP contribution in [0, 0.1) is 0 Å². The largest absolute Gasteiger partial charge is 0.497 e. The summed E-state index contributed by atoms with van der Waals surface area (Å²) in [6.07, 6.45) is 0.389. The summed E-state index contributed by atoms with van der Waals surface area (Å²) in [4.78, 5) is 22.6. The van der Waals surface area contributed by atoms with E-state index in [1.54, 1.807) is 40.0 Å². The van der Waals surface area contributed by atoms with Gasteiger partial charge in [0.05, 0.1) is 13.2 Å². The van der Waals surface area contributed by atoms with E-state index in [-0.39, 0.29) is 6.42 Å². The zero-order valence-electron chi connectivity index (χ0n) is 12.3. The Kier molecular flexibility index (Phi) is 5.55. The molecule has 0 spiro atoms. The van der Waals surface area contributed by atoms with Gasteiger partial charge in [0.15, 0.2) is 0 Å². The number of ether oxygens (including phenoxy) is 2. The molecule has 0 aliphatic carbocycles. The molecular weight excluding hydrogens is 258 g/mol. The van der Waals surface area contributed by atoms with Crippen LogP contribution in [0.25, 0.3) is 0 Å². The minimum absolute atomic E-state index is 0.173. The number of benzene rings is 1. The Balaban J connectivity index is 2.82. The molecule has 20 heavy (non-hydrogen) atoms. The maximum Gasteiger partial charge on any atom is 0.408 e. The van der Waals surface area contributed by atoms with Gasteiger partial charge in [0.25, 0.3) is 0 Å². The first-order chi connectivity index (χ1) is 9.35. The van der Waals surface area contributed by atoms with E-state index in [0.717, 1.165) is 11.8 Å². The van der Waals surface area contributed by atoms with E-state index >= 15 is 0 Å². The Labute approximate surface area is 119 Å². The van der Waals surface area contributed by atoms with Crippen LogP contribution in [0.5, 0.6) is 5.75 Å². The molecule has 1 N–H and O–H groups in total. The van der Waals surface area contributed by atoms with Crippen molar-refractivity contribution in [3.63, 3.8) is 0 Å². The van der Waals surface area contributed by atoms with Gasteiger partial charge in [-0.1, -0.05) is 12.1 Å². The molecular formula is C15H21NO4. The molecule has 0 saturated heterocycles. The highest BCUT2D eigenvalue weighted by molar-refractivity contribution is 5.69. The van der Waals surface area contributed by atoms with Gasteiger partial charge in [0.1, 0.15) is 17.6 Å². The smallest absolute Gasteiger partial charge is 0.408 e. The van der Waals surface area contributed by atoms with Crippen LogP contribution < -0.4 is 10.1 Å². The Bertz CT molecular complexity index is 465. The second-order valence-electron chi connectivity index (χ2n) is 5.38. The van der Waals surface area contributed by atoms with Crippen LogP contribution in [0.2, 0.25) is 0 Å². The summed E-state index contributed by atoms with van der Waals surface area (Å²) in [5.41, 5.74) is 0.215. The average Bonchev–Trinajstić information content (AvgIpc) is 2.36. The molecule has 0 aromatic heterocycles. The van der Waals surface area contributed by atoms with Crippen LogP contribution in [0.15, 0.2) is 24.3 Å². The molecule has 0 unspecified atom stereocenters. The molecule has 0 fully saturated rings. The van der Waals surface area contributed by atoms with E-state index in [1.807, 2.05) is 12.1 Å². The van der Waals surface area contributed by atoms with Crippen LogP contribution >= 0.6 is 0 Å². The number of amides is 1. The summed E-state index contributed by atoms with van der Waals surface area (Å²) in [5, 5.41) is 2.69. The second-order valence-corrected chi connectivity index (χ2v) is 5.38. The van der Waals surface area contributed by atoms with Crippen molar-refractivity contribution in [2.45, 2.75) is 38.8 Å². The lowest BCUT2D eigenvalue weighted by molar-refractivity contribution is -0.108. The molecule has 0 heterocycles. The molecule has 1 aromatic carbocycles. The van der Waals surface area contributed by atoms with E-state index in [0.29, 0.717) is 5.75 Å². The standard InChI is InChI=1S/C15H21NO4/c1-15(2,3)20-14(18)16-13(8-9-17)11-6-5-7-12(10-11)19-4/h5-7,9-10,13H,8H2,1-4H3,(H,16,18)/t13-/m0/s1. The molecule has 1 aromatic rings. The lowest BCUT2D eigenvalue weighted by Crippen LogP contribution is -2.35. The monoisotopic (exact) mass is 279 g/mol. The predicted octanol–water partition coefficient (Wildman–Crippen LogP) is 2.85. The van der Waals surface area contributed by atoms with Crippen LogP contribution in [-0.4, -0.2) is 25.1 Å². The van der Waals surface area contributed by atoms with Crippen molar-refractivity contribution in [1.29, 1.82) is 0 Å². The number of alkyl carbamates (subject to hydrolysis) is 1. The lowest BCUT2D eigenvalue weighted by Gasteiger charge is -2.23. The van der Waals surface area contributed by atoms with Crippen molar-refractivity contribution < 1.29 is 19.1 Å². The van der Waals surface area contributed by atoms with Crippen LogP contribution in [-0.2, 0) is 9.53 Å². The fourth-order valence-electron chi connectivity index (χ4n) is 1.68. The third-order valence-electron chi connectivity index (χ3n) is 2.52. The normalized spacial score (nSPS) is 12.4. The van der Waals surface area contributed by atoms with Crippen molar-refractivity contribution in [3.8, 4) is 5.75 Å². The summed E-state index contributed by atoms with van der Waals surface area (Å²) in [6, 6.07) is 6.79. The second kappa shape index (κ2) is 6.93. The molecule has 1 amide bonds.